The Hall–Kier alpha value is -2.29. The summed E-state index contributed by atoms with van der Waals surface area (Å²) in [5.41, 5.74) is 2.81. The number of halogens is 2. The molecule has 0 saturated carbocycles. The lowest BCUT2D eigenvalue weighted by molar-refractivity contribution is -0.116. The number of nitrogens with one attached hydrogen (secondary N) is 1. The van der Waals surface area contributed by atoms with E-state index < -0.39 is 0 Å². The molecule has 126 valence electrons. The summed E-state index contributed by atoms with van der Waals surface area (Å²) in [5.74, 6) is -0.104. The Bertz CT molecular complexity index is 791. The van der Waals surface area contributed by atoms with Gasteiger partial charge in [-0.1, -0.05) is 83.9 Å². The minimum atomic E-state index is -0.0870. The van der Waals surface area contributed by atoms with Crippen LogP contribution in [0.15, 0.2) is 78.9 Å². The predicted octanol–water partition coefficient (Wildman–Crippen LogP) is 6.15. The highest BCUT2D eigenvalue weighted by Gasteiger charge is 2.18. The summed E-state index contributed by atoms with van der Waals surface area (Å²) in [6.07, 6.45) is 0.332. The van der Waals surface area contributed by atoms with Crippen LogP contribution in [0, 0.1) is 0 Å². The van der Waals surface area contributed by atoms with Crippen molar-refractivity contribution in [1.29, 1.82) is 0 Å². The SMILES string of the molecule is O=C(CC(c1ccccc1)c1ccccc1)Nc1cc(Cl)cc(Cl)c1. The molecule has 0 fully saturated rings. The van der Waals surface area contributed by atoms with E-state index in [1.54, 1.807) is 18.2 Å². The van der Waals surface area contributed by atoms with E-state index in [4.69, 9.17) is 23.2 Å². The van der Waals surface area contributed by atoms with Gasteiger partial charge in [-0.05, 0) is 29.3 Å². The van der Waals surface area contributed by atoms with Crippen LogP contribution in [0.3, 0.4) is 0 Å². The number of hydrogen-bond donors (Lipinski definition) is 1. The molecule has 0 unspecified atom stereocenters. The highest BCUT2D eigenvalue weighted by atomic mass is 35.5. The van der Waals surface area contributed by atoms with E-state index in [9.17, 15) is 4.79 Å². The molecule has 1 amide bonds. The number of rotatable bonds is 5. The summed E-state index contributed by atoms with van der Waals surface area (Å²) in [6.45, 7) is 0. The van der Waals surface area contributed by atoms with E-state index in [2.05, 4.69) is 5.32 Å². The molecule has 1 N–H and O–H groups in total. The van der Waals surface area contributed by atoms with Crippen molar-refractivity contribution >= 4 is 34.8 Å². The third kappa shape index (κ3) is 4.85. The second kappa shape index (κ2) is 8.19. The van der Waals surface area contributed by atoms with Gasteiger partial charge in [-0.25, -0.2) is 0 Å². The molecule has 0 spiro atoms. The van der Waals surface area contributed by atoms with Gasteiger partial charge in [-0.15, -0.1) is 0 Å². The molecule has 0 aromatic heterocycles. The molecule has 0 saturated heterocycles. The van der Waals surface area contributed by atoms with Crippen molar-refractivity contribution in [2.45, 2.75) is 12.3 Å². The van der Waals surface area contributed by atoms with Gasteiger partial charge in [0.1, 0.15) is 0 Å². The third-order valence-corrected chi connectivity index (χ3v) is 4.38. The molecule has 0 atom stereocenters. The minimum absolute atomic E-state index is 0.0166. The fraction of sp³-hybridized carbons (Fsp3) is 0.0952. The maximum Gasteiger partial charge on any atom is 0.225 e. The molecule has 0 heterocycles. The Kier molecular flexibility index (Phi) is 5.75. The maximum absolute atomic E-state index is 12.6. The van der Waals surface area contributed by atoms with Crippen molar-refractivity contribution in [3.05, 3.63) is 100 Å². The molecule has 2 nitrogen and oxygen atoms in total. The van der Waals surface area contributed by atoms with E-state index in [1.165, 1.54) is 0 Å². The van der Waals surface area contributed by atoms with Crippen LogP contribution in [0.2, 0.25) is 10.0 Å². The summed E-state index contributed by atoms with van der Waals surface area (Å²) in [5, 5.41) is 3.87. The first-order valence-electron chi connectivity index (χ1n) is 7.97. The lowest BCUT2D eigenvalue weighted by Gasteiger charge is -2.18. The first kappa shape index (κ1) is 17.5. The van der Waals surface area contributed by atoms with E-state index in [1.807, 2.05) is 60.7 Å². The topological polar surface area (TPSA) is 29.1 Å². The number of amides is 1. The van der Waals surface area contributed by atoms with Crippen molar-refractivity contribution < 1.29 is 4.79 Å². The van der Waals surface area contributed by atoms with Crippen LogP contribution < -0.4 is 5.32 Å². The lowest BCUT2D eigenvalue weighted by Crippen LogP contribution is -2.16. The van der Waals surface area contributed by atoms with Crippen molar-refractivity contribution in [3.63, 3.8) is 0 Å². The molecular formula is C21H17Cl2NO. The Morgan fingerprint density at radius 1 is 0.800 bits per heavy atom. The highest BCUT2D eigenvalue weighted by molar-refractivity contribution is 6.35. The lowest BCUT2D eigenvalue weighted by atomic mass is 9.88. The van der Waals surface area contributed by atoms with Crippen LogP contribution in [-0.4, -0.2) is 5.91 Å². The number of carbonyl (C=O) groups is 1. The fourth-order valence-corrected chi connectivity index (χ4v) is 3.35. The Morgan fingerprint density at radius 2 is 1.28 bits per heavy atom. The average Bonchev–Trinajstić information content (AvgIpc) is 2.60. The number of benzene rings is 3. The van der Waals surface area contributed by atoms with E-state index in [-0.39, 0.29) is 11.8 Å². The molecule has 3 aromatic rings. The Morgan fingerprint density at radius 3 is 1.76 bits per heavy atom. The third-order valence-electron chi connectivity index (χ3n) is 3.94. The Balaban J connectivity index is 1.81. The standard InChI is InChI=1S/C21H17Cl2NO/c22-17-11-18(23)13-19(12-17)24-21(25)14-20(15-7-3-1-4-8-15)16-9-5-2-6-10-16/h1-13,20H,14H2,(H,24,25). The zero-order valence-corrected chi connectivity index (χ0v) is 15.0. The minimum Gasteiger partial charge on any atom is -0.326 e. The average molecular weight is 370 g/mol. The van der Waals surface area contributed by atoms with Crippen LogP contribution >= 0.6 is 23.2 Å². The number of carbonyl (C=O) groups excluding carboxylic acids is 1. The normalized spacial score (nSPS) is 10.7. The van der Waals surface area contributed by atoms with Gasteiger partial charge in [-0.3, -0.25) is 4.79 Å². The predicted molar refractivity (Wildman–Crippen MR) is 104 cm³/mol. The largest absolute Gasteiger partial charge is 0.326 e. The first-order valence-corrected chi connectivity index (χ1v) is 8.73. The van der Waals surface area contributed by atoms with Gasteiger partial charge >= 0.3 is 0 Å². The summed E-state index contributed by atoms with van der Waals surface area (Å²) < 4.78 is 0. The van der Waals surface area contributed by atoms with Gasteiger partial charge in [0.25, 0.3) is 0 Å². The van der Waals surface area contributed by atoms with Crippen molar-refractivity contribution in [2.75, 3.05) is 5.32 Å². The van der Waals surface area contributed by atoms with E-state index >= 15 is 0 Å². The fourth-order valence-electron chi connectivity index (χ4n) is 2.82. The second-order valence-corrected chi connectivity index (χ2v) is 6.66. The number of hydrogen-bond acceptors (Lipinski definition) is 1. The van der Waals surface area contributed by atoms with E-state index in [0.29, 0.717) is 22.2 Å². The highest BCUT2D eigenvalue weighted by Crippen LogP contribution is 2.29. The van der Waals surface area contributed by atoms with Gasteiger partial charge in [0, 0.05) is 28.1 Å². The molecule has 0 aliphatic rings. The van der Waals surface area contributed by atoms with Gasteiger partial charge in [0.2, 0.25) is 5.91 Å². The van der Waals surface area contributed by atoms with Crippen LogP contribution in [-0.2, 0) is 4.79 Å². The monoisotopic (exact) mass is 369 g/mol. The molecule has 4 heteroatoms. The Labute approximate surface area is 157 Å². The quantitative estimate of drug-likeness (QED) is 0.573. The zero-order valence-electron chi connectivity index (χ0n) is 13.5. The van der Waals surface area contributed by atoms with Crippen LogP contribution in [0.1, 0.15) is 23.5 Å². The van der Waals surface area contributed by atoms with Crippen LogP contribution in [0.4, 0.5) is 5.69 Å². The van der Waals surface area contributed by atoms with Gasteiger partial charge in [-0.2, -0.15) is 0 Å². The van der Waals surface area contributed by atoms with Gasteiger partial charge in [0.05, 0.1) is 0 Å². The van der Waals surface area contributed by atoms with E-state index in [0.717, 1.165) is 11.1 Å². The van der Waals surface area contributed by atoms with Crippen LogP contribution in [0.5, 0.6) is 0 Å². The van der Waals surface area contributed by atoms with Gasteiger partial charge in [0.15, 0.2) is 0 Å². The number of anilines is 1. The molecule has 3 rings (SSSR count). The molecule has 0 radical (unpaired) electrons. The first-order chi connectivity index (χ1) is 12.1. The second-order valence-electron chi connectivity index (χ2n) is 5.78. The molecule has 25 heavy (non-hydrogen) atoms. The summed E-state index contributed by atoms with van der Waals surface area (Å²) in [7, 11) is 0. The molecule has 0 bridgehead atoms. The summed E-state index contributed by atoms with van der Waals surface area (Å²) in [4.78, 5) is 12.6. The zero-order chi connectivity index (χ0) is 17.6. The smallest absolute Gasteiger partial charge is 0.225 e. The summed E-state index contributed by atoms with van der Waals surface area (Å²) >= 11 is 12.0. The molecular weight excluding hydrogens is 353 g/mol. The maximum atomic E-state index is 12.6. The van der Waals surface area contributed by atoms with Gasteiger partial charge < -0.3 is 5.32 Å². The van der Waals surface area contributed by atoms with Crippen LogP contribution in [0.25, 0.3) is 0 Å². The van der Waals surface area contributed by atoms with Crippen molar-refractivity contribution in [1.82, 2.24) is 0 Å². The molecule has 0 aliphatic heterocycles. The molecule has 0 aliphatic carbocycles. The summed E-state index contributed by atoms with van der Waals surface area (Å²) in [6, 6.07) is 25.1. The van der Waals surface area contributed by atoms with Crippen molar-refractivity contribution in [3.8, 4) is 0 Å². The molecule has 3 aromatic carbocycles. The van der Waals surface area contributed by atoms with Crippen molar-refractivity contribution in [2.24, 2.45) is 0 Å².